The van der Waals surface area contributed by atoms with E-state index in [4.69, 9.17) is 16.7 Å². The Morgan fingerprint density at radius 1 is 1.48 bits per heavy atom. The Bertz CT molecular complexity index is 620. The monoisotopic (exact) mass is 361 g/mol. The molecule has 1 heterocycles. The van der Waals surface area contributed by atoms with Crippen molar-refractivity contribution in [2.75, 3.05) is 19.6 Å². The second kappa shape index (κ2) is 7.92. The standard InChI is InChI=1S/C15H24ClN3O3S/c16-14-6-1-4-12(10-14)15(20,13-5-2-8-18-11-13)7-3-9-19-23(17,21)22/h1,4,6,10,13,18-20H,2-3,5,7-9,11H2,(H2,17,21,22)/t13-,15-/m1/s1. The highest BCUT2D eigenvalue weighted by atomic mass is 35.5. The van der Waals surface area contributed by atoms with Gasteiger partial charge in [-0.2, -0.15) is 8.42 Å². The second-order valence-corrected chi connectivity index (χ2v) is 7.84. The van der Waals surface area contributed by atoms with Crippen molar-refractivity contribution in [1.82, 2.24) is 10.0 Å². The number of nitrogens with two attached hydrogens (primary N) is 1. The van der Waals surface area contributed by atoms with Crippen LogP contribution in [0.1, 0.15) is 31.2 Å². The molecule has 0 radical (unpaired) electrons. The maximum atomic E-state index is 11.4. The highest BCUT2D eigenvalue weighted by molar-refractivity contribution is 7.87. The Hall–Kier alpha value is -0.700. The predicted molar refractivity (Wildman–Crippen MR) is 91.3 cm³/mol. The molecule has 0 spiro atoms. The number of halogens is 1. The summed E-state index contributed by atoms with van der Waals surface area (Å²) in [7, 11) is -3.70. The summed E-state index contributed by atoms with van der Waals surface area (Å²) in [4.78, 5) is 0. The summed E-state index contributed by atoms with van der Waals surface area (Å²) in [6.45, 7) is 1.88. The molecule has 1 fully saturated rings. The Kier molecular flexibility index (Phi) is 6.41. The fraction of sp³-hybridized carbons (Fsp3) is 0.600. The van der Waals surface area contributed by atoms with Crippen LogP contribution in [0.5, 0.6) is 0 Å². The summed E-state index contributed by atoms with van der Waals surface area (Å²) in [5.74, 6) is 0.0594. The predicted octanol–water partition coefficient (Wildman–Crippen LogP) is 1.10. The second-order valence-electron chi connectivity index (χ2n) is 6.02. The van der Waals surface area contributed by atoms with Gasteiger partial charge in [0.05, 0.1) is 5.60 Å². The Morgan fingerprint density at radius 3 is 2.87 bits per heavy atom. The van der Waals surface area contributed by atoms with Gasteiger partial charge in [0.1, 0.15) is 0 Å². The van der Waals surface area contributed by atoms with E-state index >= 15 is 0 Å². The summed E-state index contributed by atoms with van der Waals surface area (Å²) in [6.07, 6.45) is 2.83. The van der Waals surface area contributed by atoms with E-state index in [1.807, 2.05) is 12.1 Å². The van der Waals surface area contributed by atoms with E-state index < -0.39 is 15.8 Å². The maximum absolute atomic E-state index is 11.4. The first-order chi connectivity index (χ1) is 10.8. The highest BCUT2D eigenvalue weighted by Crippen LogP contribution is 2.38. The van der Waals surface area contributed by atoms with Crippen molar-refractivity contribution in [2.24, 2.45) is 11.1 Å². The number of piperidine rings is 1. The Balaban J connectivity index is 2.13. The van der Waals surface area contributed by atoms with Crippen LogP contribution in [0.4, 0.5) is 0 Å². The minimum atomic E-state index is -3.70. The maximum Gasteiger partial charge on any atom is 0.274 e. The van der Waals surface area contributed by atoms with Gasteiger partial charge in [-0.05, 0) is 49.9 Å². The summed E-state index contributed by atoms with van der Waals surface area (Å²) in [6, 6.07) is 7.24. The van der Waals surface area contributed by atoms with E-state index in [0.717, 1.165) is 31.5 Å². The van der Waals surface area contributed by atoms with Crippen LogP contribution >= 0.6 is 11.6 Å². The number of benzene rings is 1. The average Bonchev–Trinajstić information content (AvgIpc) is 2.51. The highest BCUT2D eigenvalue weighted by Gasteiger charge is 2.38. The van der Waals surface area contributed by atoms with Crippen molar-refractivity contribution in [3.05, 3.63) is 34.9 Å². The molecule has 130 valence electrons. The molecule has 2 atom stereocenters. The molecule has 1 aliphatic rings. The third-order valence-electron chi connectivity index (χ3n) is 4.33. The topological polar surface area (TPSA) is 104 Å². The number of rotatable bonds is 7. The molecule has 1 saturated heterocycles. The van der Waals surface area contributed by atoms with E-state index in [1.54, 1.807) is 12.1 Å². The lowest BCUT2D eigenvalue weighted by Gasteiger charge is -2.39. The van der Waals surface area contributed by atoms with Crippen molar-refractivity contribution < 1.29 is 13.5 Å². The smallest absolute Gasteiger partial charge is 0.274 e. The summed E-state index contributed by atoms with van der Waals surface area (Å²) in [5, 5.41) is 20.2. The number of nitrogens with one attached hydrogen (secondary N) is 2. The molecule has 0 aromatic heterocycles. The van der Waals surface area contributed by atoms with Crippen LogP contribution in [-0.2, 0) is 15.8 Å². The van der Waals surface area contributed by atoms with E-state index in [1.165, 1.54) is 0 Å². The van der Waals surface area contributed by atoms with E-state index in [0.29, 0.717) is 17.9 Å². The first kappa shape index (κ1) is 18.6. The minimum Gasteiger partial charge on any atom is -0.385 e. The minimum absolute atomic E-state index is 0.0594. The van der Waals surface area contributed by atoms with Gasteiger partial charge in [0, 0.05) is 24.0 Å². The molecular formula is C15H24ClN3O3S. The first-order valence-electron chi connectivity index (χ1n) is 7.78. The fourth-order valence-corrected chi connectivity index (χ4v) is 3.79. The van der Waals surface area contributed by atoms with Gasteiger partial charge in [-0.15, -0.1) is 0 Å². The molecule has 5 N–H and O–H groups in total. The van der Waals surface area contributed by atoms with Gasteiger partial charge in [0.2, 0.25) is 0 Å². The number of aliphatic hydroxyl groups is 1. The SMILES string of the molecule is NS(=O)(=O)NCCC[C@@](O)(c1cccc(Cl)c1)[C@@H]1CCCNC1. The van der Waals surface area contributed by atoms with Gasteiger partial charge in [0.25, 0.3) is 10.2 Å². The molecule has 1 aromatic carbocycles. The molecule has 0 bridgehead atoms. The average molecular weight is 362 g/mol. The summed E-state index contributed by atoms with van der Waals surface area (Å²) < 4.78 is 24.2. The van der Waals surface area contributed by atoms with Crippen molar-refractivity contribution in [3.63, 3.8) is 0 Å². The van der Waals surface area contributed by atoms with Crippen molar-refractivity contribution in [3.8, 4) is 0 Å². The molecule has 2 rings (SSSR count). The van der Waals surface area contributed by atoms with Gasteiger partial charge >= 0.3 is 0 Å². The van der Waals surface area contributed by atoms with Crippen molar-refractivity contribution in [2.45, 2.75) is 31.3 Å². The number of hydrogen-bond acceptors (Lipinski definition) is 4. The molecule has 0 saturated carbocycles. The first-order valence-corrected chi connectivity index (χ1v) is 9.70. The third-order valence-corrected chi connectivity index (χ3v) is 5.18. The quantitative estimate of drug-likeness (QED) is 0.546. The van der Waals surface area contributed by atoms with Crippen LogP contribution in [0.15, 0.2) is 24.3 Å². The largest absolute Gasteiger partial charge is 0.385 e. The lowest BCUT2D eigenvalue weighted by Crippen LogP contribution is -2.44. The van der Waals surface area contributed by atoms with Crippen LogP contribution < -0.4 is 15.2 Å². The van der Waals surface area contributed by atoms with Gasteiger partial charge in [-0.25, -0.2) is 9.86 Å². The van der Waals surface area contributed by atoms with Crippen LogP contribution in [0, 0.1) is 5.92 Å². The van der Waals surface area contributed by atoms with Crippen molar-refractivity contribution >= 4 is 21.8 Å². The fourth-order valence-electron chi connectivity index (χ4n) is 3.17. The Morgan fingerprint density at radius 2 is 2.26 bits per heavy atom. The lowest BCUT2D eigenvalue weighted by molar-refractivity contribution is -0.0419. The van der Waals surface area contributed by atoms with E-state index in [-0.39, 0.29) is 12.5 Å². The molecular weight excluding hydrogens is 338 g/mol. The van der Waals surface area contributed by atoms with Gasteiger partial charge in [-0.3, -0.25) is 0 Å². The number of hydrogen-bond donors (Lipinski definition) is 4. The molecule has 1 aliphatic heterocycles. The zero-order valence-electron chi connectivity index (χ0n) is 13.0. The molecule has 0 unspecified atom stereocenters. The molecule has 8 heteroatoms. The molecule has 1 aromatic rings. The van der Waals surface area contributed by atoms with Crippen LogP contribution in [0.3, 0.4) is 0 Å². The molecule has 0 aliphatic carbocycles. The van der Waals surface area contributed by atoms with Crippen LogP contribution in [0.2, 0.25) is 5.02 Å². The summed E-state index contributed by atoms with van der Waals surface area (Å²) in [5.41, 5.74) is -0.271. The summed E-state index contributed by atoms with van der Waals surface area (Å²) >= 11 is 6.08. The normalized spacial score (nSPS) is 21.8. The van der Waals surface area contributed by atoms with Crippen molar-refractivity contribution in [1.29, 1.82) is 0 Å². The molecule has 0 amide bonds. The van der Waals surface area contributed by atoms with Gasteiger partial charge in [-0.1, -0.05) is 23.7 Å². The third kappa shape index (κ3) is 5.41. The zero-order chi connectivity index (χ0) is 16.9. The van der Waals surface area contributed by atoms with E-state index in [9.17, 15) is 13.5 Å². The lowest BCUT2D eigenvalue weighted by atomic mass is 9.74. The molecule has 6 nitrogen and oxygen atoms in total. The van der Waals surface area contributed by atoms with Gasteiger partial charge in [0.15, 0.2) is 0 Å². The van der Waals surface area contributed by atoms with Crippen LogP contribution in [0.25, 0.3) is 0 Å². The van der Waals surface area contributed by atoms with E-state index in [2.05, 4.69) is 10.0 Å². The Labute approximate surface area is 142 Å². The van der Waals surface area contributed by atoms with Crippen LogP contribution in [-0.4, -0.2) is 33.2 Å². The zero-order valence-corrected chi connectivity index (χ0v) is 14.5. The molecule has 23 heavy (non-hydrogen) atoms. The van der Waals surface area contributed by atoms with Gasteiger partial charge < -0.3 is 10.4 Å².